The summed E-state index contributed by atoms with van der Waals surface area (Å²) in [6.07, 6.45) is 0. The molecule has 0 aromatic carbocycles. The Morgan fingerprint density at radius 3 is 1.42 bits per heavy atom. The summed E-state index contributed by atoms with van der Waals surface area (Å²) < 4.78 is 4.40. The first kappa shape index (κ1) is 22.5. The standard InChI is InChI=1S/C4H8O2.C3H6O.H3N.H2O/c1-3-6-4(2)5;1-3(2)4;;/h3H2,1-2H3;1-2H3;1H3;1H2. The van der Waals surface area contributed by atoms with E-state index in [0.717, 1.165) is 0 Å². The van der Waals surface area contributed by atoms with Gasteiger partial charge in [-0.05, 0) is 20.8 Å². The quantitative estimate of drug-likeness (QED) is 0.594. The Morgan fingerprint density at radius 2 is 1.42 bits per heavy atom. The normalized spacial score (nSPS) is 6.00. The van der Waals surface area contributed by atoms with Crippen molar-refractivity contribution in [2.45, 2.75) is 27.7 Å². The first-order chi connectivity index (χ1) is 4.50. The third-order valence-electron chi connectivity index (χ3n) is 0.348. The lowest BCUT2D eigenvalue weighted by molar-refractivity contribution is -0.140. The highest BCUT2D eigenvalue weighted by Gasteiger charge is 1.81. The topological polar surface area (TPSA) is 110 Å². The van der Waals surface area contributed by atoms with Gasteiger partial charge in [0.15, 0.2) is 0 Å². The van der Waals surface area contributed by atoms with Gasteiger partial charge in [-0.25, -0.2) is 0 Å². The van der Waals surface area contributed by atoms with E-state index in [0.29, 0.717) is 6.61 Å². The van der Waals surface area contributed by atoms with Gasteiger partial charge in [0.25, 0.3) is 0 Å². The molecule has 0 fully saturated rings. The summed E-state index contributed by atoms with van der Waals surface area (Å²) in [5.74, 6) is -0.0440. The van der Waals surface area contributed by atoms with Crippen molar-refractivity contribution >= 4 is 11.8 Å². The van der Waals surface area contributed by atoms with Crippen LogP contribution in [0.25, 0.3) is 0 Å². The molecule has 0 saturated heterocycles. The van der Waals surface area contributed by atoms with Gasteiger partial charge in [0.05, 0.1) is 6.61 Å². The summed E-state index contributed by atoms with van der Waals surface area (Å²) in [5.41, 5.74) is 0. The Labute approximate surface area is 73.0 Å². The molecule has 5 N–H and O–H groups in total. The highest BCUT2D eigenvalue weighted by Crippen LogP contribution is 1.69. The van der Waals surface area contributed by atoms with Gasteiger partial charge >= 0.3 is 5.97 Å². The molecule has 0 spiro atoms. The molecule has 0 aromatic heterocycles. The maximum atomic E-state index is 9.82. The van der Waals surface area contributed by atoms with E-state index in [2.05, 4.69) is 4.74 Å². The number of rotatable bonds is 1. The summed E-state index contributed by atoms with van der Waals surface area (Å²) >= 11 is 0. The second-order valence-corrected chi connectivity index (χ2v) is 1.83. The summed E-state index contributed by atoms with van der Waals surface area (Å²) in [4.78, 5) is 19.3. The average Bonchev–Trinajstić information content (AvgIpc) is 1.62. The number of carbonyl (C=O) groups is 2. The first-order valence-corrected chi connectivity index (χ1v) is 3.11. The van der Waals surface area contributed by atoms with Crippen LogP contribution in [0.3, 0.4) is 0 Å². The maximum absolute atomic E-state index is 9.82. The van der Waals surface area contributed by atoms with Crippen LogP contribution in [0.5, 0.6) is 0 Å². The third-order valence-corrected chi connectivity index (χ3v) is 0.348. The van der Waals surface area contributed by atoms with Crippen LogP contribution in [0.4, 0.5) is 0 Å². The fourth-order valence-corrected chi connectivity index (χ4v) is 0.203. The van der Waals surface area contributed by atoms with E-state index in [1.165, 1.54) is 20.8 Å². The summed E-state index contributed by atoms with van der Waals surface area (Å²) in [5, 5.41) is 0. The molecule has 76 valence electrons. The average molecular weight is 181 g/mol. The molecule has 0 heterocycles. The molecule has 0 rings (SSSR count). The van der Waals surface area contributed by atoms with E-state index >= 15 is 0 Å². The first-order valence-electron chi connectivity index (χ1n) is 3.11. The molecule has 0 amide bonds. The second kappa shape index (κ2) is 16.6. The number of Topliss-reactive ketones (excluding diaryl/α,β-unsaturated/α-hetero) is 1. The molecule has 0 aliphatic rings. The van der Waals surface area contributed by atoms with Crippen LogP contribution in [-0.4, -0.2) is 23.8 Å². The van der Waals surface area contributed by atoms with Crippen LogP contribution in [0.1, 0.15) is 27.7 Å². The minimum Gasteiger partial charge on any atom is -0.466 e. The predicted molar refractivity (Wildman–Crippen MR) is 47.3 cm³/mol. The van der Waals surface area contributed by atoms with Crippen LogP contribution in [0, 0.1) is 0 Å². The summed E-state index contributed by atoms with van der Waals surface area (Å²) in [6, 6.07) is 0. The second-order valence-electron chi connectivity index (χ2n) is 1.83. The van der Waals surface area contributed by atoms with Crippen LogP contribution in [0.2, 0.25) is 0 Å². The lowest BCUT2D eigenvalue weighted by Crippen LogP contribution is -1.95. The smallest absolute Gasteiger partial charge is 0.302 e. The van der Waals surface area contributed by atoms with Crippen molar-refractivity contribution in [1.82, 2.24) is 6.15 Å². The van der Waals surface area contributed by atoms with E-state index in [4.69, 9.17) is 0 Å². The van der Waals surface area contributed by atoms with Gasteiger partial charge < -0.3 is 21.2 Å². The Bertz CT molecular complexity index is 110. The SMILES string of the molecule is CC(C)=O.CCOC(C)=O.N.O. The van der Waals surface area contributed by atoms with Crippen LogP contribution < -0.4 is 6.15 Å². The monoisotopic (exact) mass is 181 g/mol. The Hall–Kier alpha value is -0.940. The van der Waals surface area contributed by atoms with Gasteiger partial charge in [-0.15, -0.1) is 0 Å². The molecule has 0 bridgehead atoms. The third kappa shape index (κ3) is 139. The van der Waals surface area contributed by atoms with Gasteiger partial charge in [0.1, 0.15) is 5.78 Å². The van der Waals surface area contributed by atoms with Crippen molar-refractivity contribution in [3.63, 3.8) is 0 Å². The summed E-state index contributed by atoms with van der Waals surface area (Å²) in [6.45, 7) is 6.71. The number of carbonyl (C=O) groups excluding carboxylic acids is 2. The van der Waals surface area contributed by atoms with Crippen LogP contribution in [0.15, 0.2) is 0 Å². The largest absolute Gasteiger partial charge is 0.466 e. The van der Waals surface area contributed by atoms with E-state index in [1.54, 1.807) is 6.92 Å². The van der Waals surface area contributed by atoms with Gasteiger partial charge in [-0.1, -0.05) is 0 Å². The van der Waals surface area contributed by atoms with Crippen LogP contribution in [-0.2, 0) is 14.3 Å². The van der Waals surface area contributed by atoms with Crippen molar-refractivity contribution < 1.29 is 19.8 Å². The molecule has 5 heteroatoms. The molecule has 0 atom stereocenters. The fourth-order valence-electron chi connectivity index (χ4n) is 0.203. The molecular formula is C7H19NO4. The predicted octanol–water partition coefficient (Wildman–Crippen LogP) is 0.502. The zero-order chi connectivity index (χ0) is 8.57. The van der Waals surface area contributed by atoms with Crippen molar-refractivity contribution in [2.24, 2.45) is 0 Å². The van der Waals surface area contributed by atoms with Gasteiger partial charge in [0, 0.05) is 6.92 Å². The number of ketones is 1. The molecule has 5 nitrogen and oxygen atoms in total. The van der Waals surface area contributed by atoms with Crippen molar-refractivity contribution in [3.8, 4) is 0 Å². The number of ether oxygens (including phenoxy) is 1. The van der Waals surface area contributed by atoms with Crippen molar-refractivity contribution in [1.29, 1.82) is 0 Å². The lowest BCUT2D eigenvalue weighted by Gasteiger charge is -1.89. The minimum absolute atomic E-state index is 0. The van der Waals surface area contributed by atoms with Gasteiger partial charge in [-0.3, -0.25) is 4.79 Å². The molecule has 0 aliphatic carbocycles. The highest BCUT2D eigenvalue weighted by atomic mass is 16.5. The molecular weight excluding hydrogens is 162 g/mol. The molecule has 0 saturated carbocycles. The number of hydrogen-bond acceptors (Lipinski definition) is 4. The zero-order valence-electron chi connectivity index (χ0n) is 8.14. The minimum atomic E-state index is -0.211. The maximum Gasteiger partial charge on any atom is 0.302 e. The zero-order valence-corrected chi connectivity index (χ0v) is 8.14. The van der Waals surface area contributed by atoms with Gasteiger partial charge in [-0.2, -0.15) is 0 Å². The Kier molecular flexibility index (Phi) is 31.0. The van der Waals surface area contributed by atoms with Crippen molar-refractivity contribution in [2.75, 3.05) is 6.61 Å². The number of esters is 1. The Balaban J connectivity index is -0.0000000483. The van der Waals surface area contributed by atoms with Crippen LogP contribution >= 0.6 is 0 Å². The van der Waals surface area contributed by atoms with E-state index < -0.39 is 0 Å². The van der Waals surface area contributed by atoms with E-state index in [9.17, 15) is 9.59 Å². The molecule has 0 aromatic rings. The lowest BCUT2D eigenvalue weighted by atomic mass is 10.6. The molecule has 12 heavy (non-hydrogen) atoms. The summed E-state index contributed by atoms with van der Waals surface area (Å²) in [7, 11) is 0. The van der Waals surface area contributed by atoms with Gasteiger partial charge in [0.2, 0.25) is 0 Å². The van der Waals surface area contributed by atoms with E-state index in [1.807, 2.05) is 0 Å². The highest BCUT2D eigenvalue weighted by molar-refractivity contribution is 5.72. The fraction of sp³-hybridized carbons (Fsp3) is 0.714. The Morgan fingerprint density at radius 1 is 1.17 bits per heavy atom. The van der Waals surface area contributed by atoms with Crippen molar-refractivity contribution in [3.05, 3.63) is 0 Å². The molecule has 0 radical (unpaired) electrons. The molecule has 0 unspecified atom stereocenters. The molecule has 0 aliphatic heterocycles. The van der Waals surface area contributed by atoms with E-state index in [-0.39, 0.29) is 23.4 Å². The number of hydrogen-bond donors (Lipinski definition) is 1.